The van der Waals surface area contributed by atoms with Gasteiger partial charge in [-0.1, -0.05) is 18.6 Å². The Kier molecular flexibility index (Phi) is 19.9. The summed E-state index contributed by atoms with van der Waals surface area (Å²) >= 11 is 0. The predicted octanol–water partition coefficient (Wildman–Crippen LogP) is 3.16. The predicted molar refractivity (Wildman–Crippen MR) is 112 cm³/mol. The van der Waals surface area contributed by atoms with E-state index in [4.69, 9.17) is 9.47 Å². The van der Waals surface area contributed by atoms with Gasteiger partial charge >= 0.3 is 11.9 Å². The monoisotopic (exact) mass is 385 g/mol. The molecule has 0 aromatic rings. The van der Waals surface area contributed by atoms with Crippen molar-refractivity contribution in [3.8, 4) is 0 Å². The number of ether oxygens (including phenoxy) is 2. The van der Waals surface area contributed by atoms with E-state index < -0.39 is 0 Å². The lowest BCUT2D eigenvalue weighted by Crippen LogP contribution is -2.21. The fourth-order valence-electron chi connectivity index (χ4n) is 1.39. The van der Waals surface area contributed by atoms with Gasteiger partial charge in [0, 0.05) is 20.3 Å². The first-order valence-electron chi connectivity index (χ1n) is 8.61. The molecule has 0 radical (unpaired) electrons. The van der Waals surface area contributed by atoms with Crippen LogP contribution in [0.4, 0.5) is 0 Å². The molecular weight excluding hydrogens is 346 g/mol. The van der Waals surface area contributed by atoms with Crippen molar-refractivity contribution in [3.63, 3.8) is 0 Å². The molecule has 0 unspecified atom stereocenters. The Balaban J connectivity index is -0.000000430. The van der Waals surface area contributed by atoms with Crippen LogP contribution in [-0.2, 0) is 19.1 Å². The van der Waals surface area contributed by atoms with Gasteiger partial charge in [-0.05, 0) is 53.9 Å². The highest BCUT2D eigenvalue weighted by Gasteiger charge is 2.08. The van der Waals surface area contributed by atoms with Crippen LogP contribution in [-0.4, -0.2) is 50.7 Å². The van der Waals surface area contributed by atoms with Crippen molar-refractivity contribution in [2.45, 2.75) is 49.0 Å². The Morgan fingerprint density at radius 3 is 1.85 bits per heavy atom. The molecule has 0 aromatic carbocycles. The second-order valence-electron chi connectivity index (χ2n) is 6.00. The van der Waals surface area contributed by atoms with E-state index in [-0.39, 0.29) is 25.9 Å². The van der Waals surface area contributed by atoms with E-state index in [9.17, 15) is 9.59 Å². The van der Waals surface area contributed by atoms with E-state index in [2.05, 4.69) is 10.6 Å². The van der Waals surface area contributed by atoms with Crippen molar-refractivity contribution in [2.24, 2.45) is 0 Å². The first-order chi connectivity index (χ1) is 12.1. The number of hydrogen-bond acceptors (Lipinski definition) is 7. The van der Waals surface area contributed by atoms with Crippen LogP contribution in [0.5, 0.6) is 0 Å². The number of rotatable bonds is 9. The summed E-state index contributed by atoms with van der Waals surface area (Å²) < 4.78 is 9.60. The average molecular weight is 386 g/mol. The molecule has 0 aliphatic carbocycles. The van der Waals surface area contributed by atoms with Gasteiger partial charge in [0.1, 0.15) is 12.2 Å². The SMILES string of the molecule is C.CCOC(=O)/C(=C/N(C)C)NC=C(C)C.CCOC(=O)CNC=C(C)C. The first kappa shape index (κ1) is 29.3. The summed E-state index contributed by atoms with van der Waals surface area (Å²) in [5, 5.41) is 5.75. The van der Waals surface area contributed by atoms with E-state index in [1.807, 2.05) is 41.8 Å². The number of allylic oxidation sites excluding steroid dienone is 2. The van der Waals surface area contributed by atoms with Gasteiger partial charge in [0.05, 0.1) is 13.2 Å². The molecule has 0 heterocycles. The van der Waals surface area contributed by atoms with Crippen LogP contribution in [0.1, 0.15) is 49.0 Å². The third-order valence-electron chi connectivity index (χ3n) is 2.34. The van der Waals surface area contributed by atoms with Gasteiger partial charge in [-0.3, -0.25) is 4.79 Å². The molecule has 0 aliphatic heterocycles. The highest BCUT2D eigenvalue weighted by Crippen LogP contribution is 1.97. The Morgan fingerprint density at radius 1 is 0.926 bits per heavy atom. The number of nitrogens with zero attached hydrogens (tertiary/aromatic N) is 1. The molecule has 27 heavy (non-hydrogen) atoms. The number of carbonyl (C=O) groups is 2. The maximum atomic E-state index is 11.5. The smallest absolute Gasteiger partial charge is 0.356 e. The standard InChI is InChI=1S/C11H20N2O2.C8H15NO2.CH4/c1-6-15-11(14)10(8-13(4)5)12-7-9(2)3;1-4-11-8(10)6-9-5-7(2)3;/h7-8,12H,6H2,1-5H3;5,9H,4,6H2,1-3H3;1H4/b10-8-;;. The van der Waals surface area contributed by atoms with Crippen molar-refractivity contribution in [3.05, 3.63) is 35.4 Å². The van der Waals surface area contributed by atoms with Crippen molar-refractivity contribution < 1.29 is 19.1 Å². The normalized spacial score (nSPS) is 9.41. The average Bonchev–Trinajstić information content (AvgIpc) is 2.51. The summed E-state index contributed by atoms with van der Waals surface area (Å²) in [6, 6.07) is 0. The lowest BCUT2D eigenvalue weighted by Gasteiger charge is -2.11. The summed E-state index contributed by atoms with van der Waals surface area (Å²) in [6.07, 6.45) is 5.25. The van der Waals surface area contributed by atoms with Crippen molar-refractivity contribution in [2.75, 3.05) is 33.9 Å². The molecule has 0 fully saturated rings. The van der Waals surface area contributed by atoms with Crippen LogP contribution in [0.15, 0.2) is 35.4 Å². The molecule has 0 bridgehead atoms. The maximum Gasteiger partial charge on any atom is 0.356 e. The molecule has 0 amide bonds. The Bertz CT molecular complexity index is 501. The summed E-state index contributed by atoms with van der Waals surface area (Å²) in [5.41, 5.74) is 2.65. The minimum absolute atomic E-state index is 0. The minimum Gasteiger partial charge on any atom is -0.465 e. The molecule has 0 spiro atoms. The molecule has 0 saturated carbocycles. The van der Waals surface area contributed by atoms with Crippen LogP contribution in [0.25, 0.3) is 0 Å². The largest absolute Gasteiger partial charge is 0.465 e. The van der Waals surface area contributed by atoms with Gasteiger partial charge in [0.15, 0.2) is 0 Å². The second-order valence-corrected chi connectivity index (χ2v) is 6.00. The molecule has 158 valence electrons. The third-order valence-corrected chi connectivity index (χ3v) is 2.34. The number of nitrogens with one attached hydrogen (secondary N) is 2. The number of hydrogen-bond donors (Lipinski definition) is 2. The van der Waals surface area contributed by atoms with Crippen molar-refractivity contribution >= 4 is 11.9 Å². The first-order valence-corrected chi connectivity index (χ1v) is 8.61. The van der Waals surface area contributed by atoms with Gasteiger partial charge in [0.2, 0.25) is 0 Å². The highest BCUT2D eigenvalue weighted by atomic mass is 16.5. The fraction of sp³-hybridized carbons (Fsp3) is 0.600. The quantitative estimate of drug-likeness (QED) is 0.466. The zero-order valence-electron chi connectivity index (χ0n) is 17.4. The van der Waals surface area contributed by atoms with E-state index in [0.717, 1.165) is 11.1 Å². The lowest BCUT2D eigenvalue weighted by atomic mass is 10.4. The van der Waals surface area contributed by atoms with Crippen LogP contribution >= 0.6 is 0 Å². The molecule has 0 atom stereocenters. The fourth-order valence-corrected chi connectivity index (χ4v) is 1.39. The topological polar surface area (TPSA) is 79.9 Å². The molecule has 2 N–H and O–H groups in total. The van der Waals surface area contributed by atoms with Crippen molar-refractivity contribution in [1.82, 2.24) is 15.5 Å². The zero-order valence-corrected chi connectivity index (χ0v) is 17.4. The maximum absolute atomic E-state index is 11.5. The molecule has 0 aliphatic rings. The molecular formula is C20H39N3O4. The second kappa shape index (κ2) is 18.4. The van der Waals surface area contributed by atoms with Crippen LogP contribution < -0.4 is 10.6 Å². The van der Waals surface area contributed by atoms with Crippen LogP contribution in [0.3, 0.4) is 0 Å². The van der Waals surface area contributed by atoms with Crippen LogP contribution in [0, 0.1) is 0 Å². The van der Waals surface area contributed by atoms with Gasteiger partial charge in [-0.15, -0.1) is 0 Å². The van der Waals surface area contributed by atoms with E-state index in [0.29, 0.717) is 18.9 Å². The molecule has 7 nitrogen and oxygen atoms in total. The molecule has 7 heteroatoms. The summed E-state index contributed by atoms with van der Waals surface area (Å²) in [6.45, 7) is 12.5. The van der Waals surface area contributed by atoms with Crippen LogP contribution in [0.2, 0.25) is 0 Å². The number of esters is 2. The summed E-state index contributed by atoms with van der Waals surface area (Å²) in [4.78, 5) is 24.0. The Morgan fingerprint density at radius 2 is 1.44 bits per heavy atom. The summed E-state index contributed by atoms with van der Waals surface area (Å²) in [5.74, 6) is -0.561. The lowest BCUT2D eigenvalue weighted by molar-refractivity contribution is -0.142. The molecule has 0 saturated heterocycles. The van der Waals surface area contributed by atoms with Crippen molar-refractivity contribution in [1.29, 1.82) is 0 Å². The molecule has 0 aromatic heterocycles. The van der Waals surface area contributed by atoms with E-state index >= 15 is 0 Å². The summed E-state index contributed by atoms with van der Waals surface area (Å²) in [7, 11) is 3.70. The van der Waals surface area contributed by atoms with E-state index in [1.165, 1.54) is 0 Å². The van der Waals surface area contributed by atoms with Gasteiger partial charge in [-0.2, -0.15) is 0 Å². The van der Waals surface area contributed by atoms with E-state index in [1.54, 1.807) is 37.3 Å². The Labute approximate surface area is 165 Å². The molecule has 0 rings (SSSR count). The third kappa shape index (κ3) is 21.5. The van der Waals surface area contributed by atoms with Gasteiger partial charge < -0.3 is 25.0 Å². The number of carbonyl (C=O) groups excluding carboxylic acids is 2. The van der Waals surface area contributed by atoms with Gasteiger partial charge in [0.25, 0.3) is 0 Å². The Hall–Kier alpha value is -2.44. The van der Waals surface area contributed by atoms with Gasteiger partial charge in [-0.25, -0.2) is 4.79 Å². The highest BCUT2D eigenvalue weighted by molar-refractivity contribution is 5.87. The zero-order chi connectivity index (χ0) is 20.5. The minimum atomic E-state index is -0.344.